The molecule has 0 saturated carbocycles. The first-order chi connectivity index (χ1) is 21.1. The van der Waals surface area contributed by atoms with Gasteiger partial charge in [0.2, 0.25) is 16.8 Å². The van der Waals surface area contributed by atoms with Crippen LogP contribution in [-0.2, 0) is 26.0 Å². The lowest BCUT2D eigenvalue weighted by atomic mass is 10.0. The van der Waals surface area contributed by atoms with Crippen LogP contribution >= 0.6 is 11.3 Å². The Hall–Kier alpha value is -3.72. The number of aliphatic hydroxyl groups excluding tert-OH is 1. The number of sulfonamides is 1. The summed E-state index contributed by atoms with van der Waals surface area (Å²) in [6.07, 6.45) is -1.55. The van der Waals surface area contributed by atoms with Crippen molar-refractivity contribution in [1.82, 2.24) is 14.6 Å². The number of carbonyl (C=O) groups excluding carboxylic acids is 2. The van der Waals surface area contributed by atoms with Gasteiger partial charge in [-0.1, -0.05) is 43.7 Å². The number of nitrogens with one attached hydrogen (secondary N) is 1. The van der Waals surface area contributed by atoms with E-state index in [0.29, 0.717) is 28.6 Å². The fraction of sp³-hybridized carbons (Fsp3) is 0.433. The van der Waals surface area contributed by atoms with Gasteiger partial charge in [-0.05, 0) is 44.4 Å². The van der Waals surface area contributed by atoms with Crippen molar-refractivity contribution in [2.24, 2.45) is 0 Å². The molecule has 12 nitrogen and oxygen atoms in total. The maximum absolute atomic E-state index is 13.8. The molecule has 1 fully saturated rings. The molecule has 3 atom stereocenters. The molecule has 0 unspecified atom stereocenters. The van der Waals surface area contributed by atoms with Gasteiger partial charge in [0.1, 0.15) is 5.00 Å². The van der Waals surface area contributed by atoms with Crippen LogP contribution in [-0.4, -0.2) is 79.5 Å². The van der Waals surface area contributed by atoms with E-state index in [2.05, 4.69) is 10.3 Å². The Balaban J connectivity index is 1.35. The number of ether oxygens (including phenoxy) is 3. The smallest absolute Gasteiger partial charge is 0.415 e. The lowest BCUT2D eigenvalue weighted by Gasteiger charge is -2.30. The van der Waals surface area contributed by atoms with E-state index in [4.69, 9.17) is 14.2 Å². The third-order valence-electron chi connectivity index (χ3n) is 7.45. The Labute approximate surface area is 260 Å². The summed E-state index contributed by atoms with van der Waals surface area (Å²) in [5.74, 6) is 0.208. The summed E-state index contributed by atoms with van der Waals surface area (Å²) in [5, 5.41) is 15.8. The van der Waals surface area contributed by atoms with Gasteiger partial charge in [0.15, 0.2) is 17.6 Å². The number of aliphatic hydroxyl groups is 1. The minimum atomic E-state index is -4.04. The molecule has 2 aliphatic rings. The fourth-order valence-corrected chi connectivity index (χ4v) is 7.56. The number of anilines is 1. The number of aryl methyl sites for hydroxylation is 2. The molecule has 5 rings (SSSR count). The maximum atomic E-state index is 13.8. The van der Waals surface area contributed by atoms with Crippen molar-refractivity contribution < 1.29 is 37.3 Å². The molecule has 1 aromatic heterocycles. The molecule has 1 saturated heterocycles. The average Bonchev–Trinajstić information content (AvgIpc) is 3.72. The first kappa shape index (κ1) is 31.7. The number of amides is 2. The third-order valence-corrected chi connectivity index (χ3v) is 10.4. The number of hydrogen-bond donors (Lipinski definition) is 2. The van der Waals surface area contributed by atoms with E-state index >= 15 is 0 Å². The zero-order valence-corrected chi connectivity index (χ0v) is 26.4. The van der Waals surface area contributed by atoms with Crippen molar-refractivity contribution >= 4 is 38.4 Å². The number of carbonyl (C=O) groups is 2. The molecule has 3 heterocycles. The molecule has 2 aliphatic heterocycles. The molecule has 0 spiro atoms. The second-order valence-corrected chi connectivity index (χ2v) is 13.8. The second-order valence-electron chi connectivity index (χ2n) is 10.7. The Morgan fingerprint density at radius 1 is 1.18 bits per heavy atom. The molecule has 14 heteroatoms. The largest absolute Gasteiger partial charge is 0.454 e. The number of thiazole rings is 1. The van der Waals surface area contributed by atoms with E-state index in [0.717, 1.165) is 17.0 Å². The normalized spacial score (nSPS) is 17.5. The first-order valence-electron chi connectivity index (χ1n) is 14.4. The number of unbranched alkanes of at least 4 members (excludes halogenated alkanes) is 1. The summed E-state index contributed by atoms with van der Waals surface area (Å²) in [7, 11) is -4.04. The van der Waals surface area contributed by atoms with Gasteiger partial charge in [0.25, 0.3) is 5.91 Å². The summed E-state index contributed by atoms with van der Waals surface area (Å²) >= 11 is 1.33. The summed E-state index contributed by atoms with van der Waals surface area (Å²) in [5.41, 5.74) is 1.50. The zero-order valence-electron chi connectivity index (χ0n) is 24.8. The van der Waals surface area contributed by atoms with E-state index in [-0.39, 0.29) is 37.7 Å². The van der Waals surface area contributed by atoms with E-state index in [1.807, 2.05) is 44.2 Å². The van der Waals surface area contributed by atoms with Gasteiger partial charge in [-0.3, -0.25) is 9.69 Å². The monoisotopic (exact) mass is 644 g/mol. The van der Waals surface area contributed by atoms with E-state index in [1.165, 1.54) is 32.7 Å². The van der Waals surface area contributed by atoms with Gasteiger partial charge >= 0.3 is 6.09 Å². The maximum Gasteiger partial charge on any atom is 0.415 e. The SMILES string of the molecule is CCCCN(C[C@@H](O)[C@H](Cc1ccccc1)NC(=O)[C@@H]1CN(c2sc(C)nc2C)C(=O)O1)S(=O)(=O)c1ccc2c(c1)OCO2. The number of rotatable bonds is 13. The average molecular weight is 645 g/mol. The quantitative estimate of drug-likeness (QED) is 0.286. The topological polar surface area (TPSA) is 148 Å². The van der Waals surface area contributed by atoms with Crippen LogP contribution in [0.4, 0.5) is 9.80 Å². The van der Waals surface area contributed by atoms with Crippen molar-refractivity contribution in [3.63, 3.8) is 0 Å². The van der Waals surface area contributed by atoms with Crippen LogP contribution in [0.1, 0.15) is 36.0 Å². The van der Waals surface area contributed by atoms with Crippen LogP contribution in [0.15, 0.2) is 53.4 Å². The summed E-state index contributed by atoms with van der Waals surface area (Å²) < 4.78 is 44.9. The number of benzene rings is 2. The Morgan fingerprint density at radius 3 is 2.64 bits per heavy atom. The molecule has 0 bridgehead atoms. The van der Waals surface area contributed by atoms with Crippen molar-refractivity contribution in [2.45, 2.75) is 63.2 Å². The highest BCUT2D eigenvalue weighted by molar-refractivity contribution is 7.89. The zero-order chi connectivity index (χ0) is 31.4. The lowest BCUT2D eigenvalue weighted by Crippen LogP contribution is -2.53. The van der Waals surface area contributed by atoms with Crippen LogP contribution < -0.4 is 19.7 Å². The summed E-state index contributed by atoms with van der Waals surface area (Å²) in [6.45, 7) is 5.45. The predicted octanol–water partition coefficient (Wildman–Crippen LogP) is 3.39. The molecule has 44 heavy (non-hydrogen) atoms. The minimum Gasteiger partial charge on any atom is -0.454 e. The lowest BCUT2D eigenvalue weighted by molar-refractivity contribution is -0.129. The number of aromatic nitrogens is 1. The fourth-order valence-electron chi connectivity index (χ4n) is 5.13. The number of nitrogens with zero attached hydrogens (tertiary/aromatic N) is 3. The summed E-state index contributed by atoms with van der Waals surface area (Å²) in [6, 6.07) is 12.8. The van der Waals surface area contributed by atoms with Crippen LogP contribution in [0.5, 0.6) is 11.5 Å². The predicted molar refractivity (Wildman–Crippen MR) is 164 cm³/mol. The van der Waals surface area contributed by atoms with Crippen molar-refractivity contribution in [2.75, 3.05) is 31.3 Å². The number of fused-ring (bicyclic) bond motifs is 1. The Bertz CT molecular complexity index is 1600. The van der Waals surface area contributed by atoms with E-state index < -0.39 is 40.3 Å². The Morgan fingerprint density at radius 2 is 1.93 bits per heavy atom. The molecule has 236 valence electrons. The van der Waals surface area contributed by atoms with Crippen LogP contribution in [0.2, 0.25) is 0 Å². The van der Waals surface area contributed by atoms with Gasteiger partial charge in [-0.25, -0.2) is 18.2 Å². The highest BCUT2D eigenvalue weighted by atomic mass is 32.2. The van der Waals surface area contributed by atoms with Crippen LogP contribution in [0, 0.1) is 13.8 Å². The highest BCUT2D eigenvalue weighted by Gasteiger charge is 2.40. The van der Waals surface area contributed by atoms with Gasteiger partial charge in [-0.2, -0.15) is 4.31 Å². The van der Waals surface area contributed by atoms with Gasteiger partial charge in [0, 0.05) is 19.2 Å². The molecule has 2 N–H and O–H groups in total. The van der Waals surface area contributed by atoms with Gasteiger partial charge < -0.3 is 24.6 Å². The molecule has 2 amide bonds. The molecule has 2 aromatic carbocycles. The molecule has 3 aromatic rings. The van der Waals surface area contributed by atoms with Crippen LogP contribution in [0.25, 0.3) is 0 Å². The molecule has 0 aliphatic carbocycles. The minimum absolute atomic E-state index is 0.00941. The van der Waals surface area contributed by atoms with E-state index in [1.54, 1.807) is 13.0 Å². The molecule has 0 radical (unpaired) electrons. The van der Waals surface area contributed by atoms with Crippen molar-refractivity contribution in [1.29, 1.82) is 0 Å². The number of hydrogen-bond acceptors (Lipinski definition) is 10. The van der Waals surface area contributed by atoms with Gasteiger partial charge in [0.05, 0.1) is 34.3 Å². The standard InChI is InChI=1S/C30H36N4O8S2/c1-4-5-13-33(44(38,39)22-11-12-25-26(15-22)41-18-40-25)16-24(35)23(14-21-9-7-6-8-10-21)32-28(36)27-17-34(30(37)42-27)29-19(2)31-20(3)43-29/h6-12,15,23-24,27,35H,4-5,13-14,16-18H2,1-3H3,(H,32,36)/t23-,24+,27-/m0/s1. The van der Waals surface area contributed by atoms with E-state index in [9.17, 15) is 23.1 Å². The van der Waals surface area contributed by atoms with Crippen molar-refractivity contribution in [3.05, 3.63) is 64.8 Å². The number of cyclic esters (lactones) is 1. The highest BCUT2D eigenvalue weighted by Crippen LogP contribution is 2.35. The molecular weight excluding hydrogens is 608 g/mol. The molecular formula is C30H36N4O8S2. The summed E-state index contributed by atoms with van der Waals surface area (Å²) in [4.78, 5) is 31.9. The van der Waals surface area contributed by atoms with Gasteiger partial charge in [-0.15, -0.1) is 11.3 Å². The van der Waals surface area contributed by atoms with Crippen LogP contribution in [0.3, 0.4) is 0 Å². The van der Waals surface area contributed by atoms with Crippen molar-refractivity contribution in [3.8, 4) is 11.5 Å². The second kappa shape index (κ2) is 13.5. The third kappa shape index (κ3) is 6.98. The first-order valence-corrected chi connectivity index (χ1v) is 16.7. The Kier molecular flexibility index (Phi) is 9.73.